The summed E-state index contributed by atoms with van der Waals surface area (Å²) in [7, 11) is 1.48. The number of nitrogens with zero attached hydrogens (tertiary/aromatic N) is 1. The molecule has 3 aromatic rings. The Kier molecular flexibility index (Phi) is 6.68. The number of halogens is 1. The molecule has 2 heterocycles. The number of carbonyl (C=O) groups excluding carboxylic acids is 2. The molecule has 1 N–H and O–H groups in total. The van der Waals surface area contributed by atoms with Crippen LogP contribution < -0.4 is 4.74 Å². The molecule has 0 spiro atoms. The van der Waals surface area contributed by atoms with Crippen LogP contribution in [0.25, 0.3) is 11.0 Å². The van der Waals surface area contributed by atoms with Crippen molar-refractivity contribution >= 4 is 34.3 Å². The molecule has 8 heteroatoms. The number of ketones is 1. The number of Topliss-reactive ketones (excluding diaryl/α,β-unsaturated/α-hetero) is 1. The van der Waals surface area contributed by atoms with E-state index in [2.05, 4.69) is 0 Å². The molecule has 0 saturated carbocycles. The number of fused-ring (bicyclic) bond motifs is 1. The van der Waals surface area contributed by atoms with Gasteiger partial charge in [-0.15, -0.1) is 0 Å². The highest BCUT2D eigenvalue weighted by Crippen LogP contribution is 2.40. The molecule has 4 rings (SSSR count). The quantitative estimate of drug-likeness (QED) is 0.431. The fourth-order valence-corrected chi connectivity index (χ4v) is 4.39. The number of methoxy groups -OCH3 is 1. The highest BCUT2D eigenvalue weighted by atomic mass is 35.5. The molecule has 34 heavy (non-hydrogen) atoms. The summed E-state index contributed by atoms with van der Waals surface area (Å²) in [4.78, 5) is 28.2. The summed E-state index contributed by atoms with van der Waals surface area (Å²) in [6.45, 7) is 6.20. The van der Waals surface area contributed by atoms with Crippen LogP contribution in [0.1, 0.15) is 41.6 Å². The van der Waals surface area contributed by atoms with Crippen molar-refractivity contribution in [2.24, 2.45) is 0 Å². The van der Waals surface area contributed by atoms with E-state index in [-0.39, 0.29) is 30.6 Å². The van der Waals surface area contributed by atoms with Crippen molar-refractivity contribution in [3.8, 4) is 5.75 Å². The molecule has 7 nitrogen and oxygen atoms in total. The molecule has 0 fully saturated rings. The van der Waals surface area contributed by atoms with E-state index < -0.39 is 23.5 Å². The molecule has 0 saturated heterocycles. The number of furan rings is 1. The Bertz CT molecular complexity index is 1290. The molecule has 178 valence electrons. The van der Waals surface area contributed by atoms with Crippen molar-refractivity contribution in [1.29, 1.82) is 0 Å². The van der Waals surface area contributed by atoms with Crippen LogP contribution in [0.2, 0.25) is 5.02 Å². The summed E-state index contributed by atoms with van der Waals surface area (Å²) in [6, 6.07) is 11.5. The fourth-order valence-electron chi connectivity index (χ4n) is 4.17. The Morgan fingerprint density at radius 1 is 1.24 bits per heavy atom. The minimum absolute atomic E-state index is 0.0184. The van der Waals surface area contributed by atoms with Crippen molar-refractivity contribution in [2.75, 3.05) is 20.3 Å². The third-order valence-electron chi connectivity index (χ3n) is 5.68. The molecular weight excluding hydrogens is 458 g/mol. The van der Waals surface area contributed by atoms with Crippen molar-refractivity contribution in [1.82, 2.24) is 4.90 Å². The molecule has 0 radical (unpaired) electrons. The van der Waals surface area contributed by atoms with Crippen LogP contribution in [0.5, 0.6) is 5.75 Å². The van der Waals surface area contributed by atoms with Gasteiger partial charge in [0.15, 0.2) is 22.9 Å². The maximum absolute atomic E-state index is 13.7. The first-order valence-electron chi connectivity index (χ1n) is 10.9. The number of aliphatic hydroxyl groups is 1. The van der Waals surface area contributed by atoms with Crippen LogP contribution in [-0.4, -0.2) is 48.1 Å². The first kappa shape index (κ1) is 23.9. The second-order valence-electron chi connectivity index (χ2n) is 8.46. The van der Waals surface area contributed by atoms with Gasteiger partial charge >= 0.3 is 0 Å². The topological polar surface area (TPSA) is 89.2 Å². The van der Waals surface area contributed by atoms with E-state index in [1.54, 1.807) is 12.1 Å². The first-order valence-corrected chi connectivity index (χ1v) is 11.3. The van der Waals surface area contributed by atoms with Crippen molar-refractivity contribution < 1.29 is 28.6 Å². The Morgan fingerprint density at radius 3 is 2.68 bits per heavy atom. The Hall–Kier alpha value is -3.29. The van der Waals surface area contributed by atoms with E-state index in [1.165, 1.54) is 18.1 Å². The zero-order valence-corrected chi connectivity index (χ0v) is 20.2. The number of amides is 1. The van der Waals surface area contributed by atoms with Gasteiger partial charge in [-0.05, 0) is 38.5 Å². The Morgan fingerprint density at radius 2 is 2.00 bits per heavy atom. The van der Waals surface area contributed by atoms with Gasteiger partial charge in [0.2, 0.25) is 5.78 Å². The van der Waals surface area contributed by atoms with Crippen LogP contribution in [0.15, 0.2) is 58.2 Å². The van der Waals surface area contributed by atoms with Crippen LogP contribution in [0.4, 0.5) is 0 Å². The van der Waals surface area contributed by atoms with Crippen molar-refractivity contribution in [3.05, 3.63) is 75.7 Å². The minimum Gasteiger partial charge on any atom is -0.503 e. The standard InChI is InChI=1S/C26H26ClNO6/c1-14(2)33-9-8-28-22(16-7-5-6-15(3)10-16)21(24(30)26(28)31)23(29)19-12-17-11-18(27)13-20(32-4)25(17)34-19/h5-7,10-14,22,30H,8-9H2,1-4H3. The van der Waals surface area contributed by atoms with Gasteiger partial charge in [0.25, 0.3) is 5.91 Å². The lowest BCUT2D eigenvalue weighted by molar-refractivity contribution is -0.130. The van der Waals surface area contributed by atoms with Crippen molar-refractivity contribution in [2.45, 2.75) is 32.9 Å². The minimum atomic E-state index is -0.783. The lowest BCUT2D eigenvalue weighted by Crippen LogP contribution is -2.34. The van der Waals surface area contributed by atoms with Gasteiger partial charge in [-0.1, -0.05) is 41.4 Å². The van der Waals surface area contributed by atoms with E-state index in [4.69, 9.17) is 25.5 Å². The van der Waals surface area contributed by atoms with Gasteiger partial charge in [-0.2, -0.15) is 0 Å². The lowest BCUT2D eigenvalue weighted by atomic mass is 9.94. The van der Waals surface area contributed by atoms with Crippen LogP contribution in [0, 0.1) is 6.92 Å². The normalized spacial score (nSPS) is 16.2. The number of ether oxygens (including phenoxy) is 2. The van der Waals surface area contributed by atoms with Gasteiger partial charge in [-0.25, -0.2) is 0 Å². The summed E-state index contributed by atoms with van der Waals surface area (Å²) >= 11 is 6.15. The first-order chi connectivity index (χ1) is 16.2. The number of hydrogen-bond acceptors (Lipinski definition) is 6. The molecular formula is C26H26ClNO6. The SMILES string of the molecule is COc1cc(Cl)cc2cc(C(=O)C3=C(O)C(=O)N(CCOC(C)C)C3c3cccc(C)c3)oc12. The second kappa shape index (κ2) is 9.52. The van der Waals surface area contributed by atoms with E-state index >= 15 is 0 Å². The van der Waals surface area contributed by atoms with E-state index in [9.17, 15) is 14.7 Å². The lowest BCUT2D eigenvalue weighted by Gasteiger charge is -2.27. The van der Waals surface area contributed by atoms with Gasteiger partial charge < -0.3 is 23.9 Å². The summed E-state index contributed by atoms with van der Waals surface area (Å²) in [5, 5.41) is 11.8. The summed E-state index contributed by atoms with van der Waals surface area (Å²) in [6.07, 6.45) is -0.0184. The molecule has 1 aromatic heterocycles. The molecule has 1 atom stereocenters. The molecule has 1 amide bonds. The van der Waals surface area contributed by atoms with Gasteiger partial charge in [0, 0.05) is 23.0 Å². The molecule has 2 aromatic carbocycles. The highest BCUT2D eigenvalue weighted by molar-refractivity contribution is 6.31. The number of benzene rings is 2. The smallest absolute Gasteiger partial charge is 0.290 e. The summed E-state index contributed by atoms with van der Waals surface area (Å²) < 4.78 is 16.8. The maximum atomic E-state index is 13.7. The zero-order valence-electron chi connectivity index (χ0n) is 19.4. The number of rotatable bonds is 8. The fraction of sp³-hybridized carbons (Fsp3) is 0.308. The van der Waals surface area contributed by atoms with E-state index in [0.29, 0.717) is 27.3 Å². The molecule has 0 aliphatic carbocycles. The predicted molar refractivity (Wildman–Crippen MR) is 128 cm³/mol. The summed E-state index contributed by atoms with van der Waals surface area (Å²) in [5.41, 5.74) is 1.99. The van der Waals surface area contributed by atoms with Crippen molar-refractivity contribution in [3.63, 3.8) is 0 Å². The van der Waals surface area contributed by atoms with Gasteiger partial charge in [0.1, 0.15) is 0 Å². The molecule has 1 aliphatic heterocycles. The third-order valence-corrected chi connectivity index (χ3v) is 5.90. The number of aliphatic hydroxyl groups excluding tert-OH is 1. The van der Waals surface area contributed by atoms with Crippen LogP contribution in [-0.2, 0) is 9.53 Å². The Labute approximate surface area is 202 Å². The van der Waals surface area contributed by atoms with E-state index in [0.717, 1.165) is 5.56 Å². The predicted octanol–water partition coefficient (Wildman–Crippen LogP) is 5.41. The van der Waals surface area contributed by atoms with E-state index in [1.807, 2.05) is 45.0 Å². The Balaban J connectivity index is 1.78. The molecule has 1 aliphatic rings. The third kappa shape index (κ3) is 4.41. The second-order valence-corrected chi connectivity index (χ2v) is 8.90. The average Bonchev–Trinajstić information content (AvgIpc) is 3.32. The highest BCUT2D eigenvalue weighted by Gasteiger charge is 2.44. The number of aryl methyl sites for hydroxylation is 1. The average molecular weight is 484 g/mol. The largest absolute Gasteiger partial charge is 0.503 e. The molecule has 0 bridgehead atoms. The van der Waals surface area contributed by atoms with Gasteiger partial charge in [0.05, 0.1) is 31.4 Å². The zero-order chi connectivity index (χ0) is 24.6. The molecule has 1 unspecified atom stereocenters. The van der Waals surface area contributed by atoms with Crippen LogP contribution in [0.3, 0.4) is 0 Å². The number of carbonyl (C=O) groups is 2. The maximum Gasteiger partial charge on any atom is 0.290 e. The summed E-state index contributed by atoms with van der Waals surface area (Å²) in [5.74, 6) is -1.45. The number of hydrogen-bond donors (Lipinski definition) is 1. The van der Waals surface area contributed by atoms with Crippen LogP contribution >= 0.6 is 11.6 Å². The monoisotopic (exact) mass is 483 g/mol. The van der Waals surface area contributed by atoms with Gasteiger partial charge in [-0.3, -0.25) is 9.59 Å².